The Labute approximate surface area is 352 Å². The number of esters is 1. The van der Waals surface area contributed by atoms with Crippen LogP contribution in [0.1, 0.15) is 94.9 Å². The monoisotopic (exact) mass is 860 g/mol. The summed E-state index contributed by atoms with van der Waals surface area (Å²) in [5.74, 6) is -3.20. The molecule has 0 radical (unpaired) electrons. The van der Waals surface area contributed by atoms with Crippen molar-refractivity contribution in [3.05, 3.63) is 11.6 Å². The van der Waals surface area contributed by atoms with Crippen LogP contribution in [0.4, 0.5) is 0 Å². The smallest absolute Gasteiger partial charge is 0.311 e. The zero-order valence-electron chi connectivity index (χ0n) is 39.3. The SMILES string of the molecule is CC[C@H]1OC(=O)[C@H](C)[C@@H](O[C@H]2C[C@@](C)(OC)[C@@H](O[Si](C)(C)C)[C@H](C)O2)[C@@H](C)[C@@H](O[C@@H]2O[C@H](C)C[C@H](N(C)C)[C@H]2O[Si](C)(C)C)[C@@](C)(O)C[C@@H](C)C(=O)/C(C)=C/[C@]1(C)O. The molecule has 3 aliphatic rings. The lowest BCUT2D eigenvalue weighted by Crippen LogP contribution is -2.62. The molecule has 0 unspecified atom stereocenters. The van der Waals surface area contributed by atoms with Crippen molar-refractivity contribution in [3.63, 3.8) is 0 Å². The summed E-state index contributed by atoms with van der Waals surface area (Å²) < 4.78 is 52.9. The molecule has 0 saturated carbocycles. The van der Waals surface area contributed by atoms with Crippen molar-refractivity contribution in [1.82, 2.24) is 4.90 Å². The Morgan fingerprint density at radius 1 is 0.862 bits per heavy atom. The van der Waals surface area contributed by atoms with E-state index in [1.54, 1.807) is 34.8 Å². The third kappa shape index (κ3) is 13.0. The van der Waals surface area contributed by atoms with Gasteiger partial charge in [-0.3, -0.25) is 9.59 Å². The summed E-state index contributed by atoms with van der Waals surface area (Å²) in [5, 5.41) is 24.4. The number of hydrogen-bond donors (Lipinski definition) is 2. The Balaban J connectivity index is 2.25. The number of hydrogen-bond acceptors (Lipinski definition) is 13. The summed E-state index contributed by atoms with van der Waals surface area (Å²) in [6.45, 7) is 30.7. The molecule has 16 atom stereocenters. The van der Waals surface area contributed by atoms with Gasteiger partial charge in [0.2, 0.25) is 0 Å². The fraction of sp³-hybridized carbons (Fsp3) is 0.907. The largest absolute Gasteiger partial charge is 0.459 e. The quantitative estimate of drug-likeness (QED) is 0.173. The zero-order valence-corrected chi connectivity index (χ0v) is 41.3. The molecule has 2 fully saturated rings. The van der Waals surface area contributed by atoms with Crippen molar-refractivity contribution in [3.8, 4) is 0 Å². The van der Waals surface area contributed by atoms with E-state index < -0.39 is 100 Å². The lowest BCUT2D eigenvalue weighted by molar-refractivity contribution is -0.315. The van der Waals surface area contributed by atoms with E-state index in [4.69, 9.17) is 37.3 Å². The fourth-order valence-electron chi connectivity index (χ4n) is 9.20. The van der Waals surface area contributed by atoms with Gasteiger partial charge in [0.05, 0.1) is 47.6 Å². The Bertz CT molecular complexity index is 1410. The highest BCUT2D eigenvalue weighted by atomic mass is 28.4. The number of ketones is 1. The lowest BCUT2D eigenvalue weighted by Gasteiger charge is -2.51. The van der Waals surface area contributed by atoms with Gasteiger partial charge in [-0.15, -0.1) is 0 Å². The first-order chi connectivity index (χ1) is 26.4. The van der Waals surface area contributed by atoms with E-state index in [0.717, 1.165) is 0 Å². The molecule has 0 spiro atoms. The lowest BCUT2D eigenvalue weighted by atomic mass is 9.76. The second kappa shape index (κ2) is 19.5. The molecule has 0 aromatic heterocycles. The Hall–Kier alpha value is -1.09. The predicted octanol–water partition coefficient (Wildman–Crippen LogP) is 6.45. The van der Waals surface area contributed by atoms with E-state index in [1.807, 2.05) is 48.7 Å². The van der Waals surface area contributed by atoms with Crippen molar-refractivity contribution in [2.24, 2.45) is 17.8 Å². The number of methoxy groups -OCH3 is 1. The highest BCUT2D eigenvalue weighted by molar-refractivity contribution is 6.70. The number of nitrogens with zero attached hydrogens (tertiary/aromatic N) is 1. The number of carbonyl (C=O) groups is 2. The van der Waals surface area contributed by atoms with Gasteiger partial charge in [-0.05, 0) is 133 Å². The van der Waals surface area contributed by atoms with Crippen molar-refractivity contribution < 1.29 is 57.1 Å². The summed E-state index contributed by atoms with van der Waals surface area (Å²) in [6.07, 6.45) is -3.47. The molecule has 338 valence electrons. The zero-order chi connectivity index (χ0) is 44.5. The number of allylic oxidation sites excluding steroid dienone is 1. The van der Waals surface area contributed by atoms with Gasteiger partial charge in [0, 0.05) is 31.4 Å². The van der Waals surface area contributed by atoms with Crippen LogP contribution in [0, 0.1) is 17.8 Å². The van der Waals surface area contributed by atoms with E-state index in [-0.39, 0.29) is 43.3 Å². The van der Waals surface area contributed by atoms with Crippen LogP contribution in [0.25, 0.3) is 0 Å². The molecule has 0 aromatic carbocycles. The maximum Gasteiger partial charge on any atom is 0.311 e. The molecule has 3 heterocycles. The van der Waals surface area contributed by atoms with Gasteiger partial charge in [0.15, 0.2) is 35.0 Å². The molecule has 0 aromatic rings. The number of cyclic esters (lactones) is 1. The summed E-state index contributed by atoms with van der Waals surface area (Å²) in [4.78, 5) is 30.5. The number of likely N-dealkylation sites (N-methyl/N-ethyl adjacent to an activating group) is 1. The third-order valence-electron chi connectivity index (χ3n) is 12.1. The second-order valence-electron chi connectivity index (χ2n) is 20.4. The van der Waals surface area contributed by atoms with Crippen molar-refractivity contribution in [2.75, 3.05) is 21.2 Å². The Morgan fingerprint density at radius 2 is 1.45 bits per heavy atom. The highest BCUT2D eigenvalue weighted by Gasteiger charge is 2.53. The van der Waals surface area contributed by atoms with Crippen LogP contribution in [-0.4, -0.2) is 143 Å². The van der Waals surface area contributed by atoms with E-state index in [1.165, 1.54) is 13.0 Å². The van der Waals surface area contributed by atoms with Crippen LogP contribution < -0.4 is 0 Å². The first-order valence-corrected chi connectivity index (χ1v) is 28.3. The normalized spacial score (nSPS) is 44.0. The van der Waals surface area contributed by atoms with Crippen LogP contribution in [0.15, 0.2) is 11.6 Å². The first-order valence-electron chi connectivity index (χ1n) is 21.4. The summed E-state index contributed by atoms with van der Waals surface area (Å²) in [6, 6.07) is -0.0533. The molecule has 0 aliphatic carbocycles. The molecule has 0 amide bonds. The maximum absolute atomic E-state index is 14.4. The van der Waals surface area contributed by atoms with E-state index in [0.29, 0.717) is 12.0 Å². The fourth-order valence-corrected chi connectivity index (χ4v) is 11.5. The van der Waals surface area contributed by atoms with Gasteiger partial charge in [0.25, 0.3) is 0 Å². The average molecular weight is 860 g/mol. The molecule has 0 bridgehead atoms. The standard InChI is InChI=1S/C43H81NO12Si2/c1-20-32-41(8,47)22-25(2)34(45)26(3)23-42(9,48)37(54-40-36(55-57(14,15)16)31(44(11)12)21-27(4)50-40)28(5)35(29(6)39(46)52-32)53-33-24-43(10,49-13)38(30(7)51-33)56-58(17,18)19/h22,26-33,35-38,40,47-48H,20-21,23-24H2,1-19H3/b25-22+/t26-,27-,28-,29-,30+,31+,32-,33+,35+,36-,37-,38+,40+,41+,42+,43-/m1/s1. The van der Waals surface area contributed by atoms with E-state index in [2.05, 4.69) is 44.2 Å². The van der Waals surface area contributed by atoms with Gasteiger partial charge in [0.1, 0.15) is 17.8 Å². The number of Topliss-reactive ketones (excluding diaryl/α,β-unsaturated/α-hetero) is 1. The molecule has 13 nitrogen and oxygen atoms in total. The minimum absolute atomic E-state index is 0.00423. The van der Waals surface area contributed by atoms with Gasteiger partial charge in [-0.2, -0.15) is 0 Å². The topological polar surface area (TPSA) is 152 Å². The van der Waals surface area contributed by atoms with Crippen LogP contribution in [0.5, 0.6) is 0 Å². The van der Waals surface area contributed by atoms with Gasteiger partial charge in [-0.25, -0.2) is 0 Å². The van der Waals surface area contributed by atoms with Crippen LogP contribution >= 0.6 is 0 Å². The minimum atomic E-state index is -2.17. The number of ether oxygens (including phenoxy) is 6. The molecule has 3 aliphatic heterocycles. The number of carbonyl (C=O) groups excluding carboxylic acids is 2. The summed E-state index contributed by atoms with van der Waals surface area (Å²) in [5.41, 5.74) is -3.81. The maximum atomic E-state index is 14.4. The number of aliphatic hydroxyl groups is 2. The predicted molar refractivity (Wildman–Crippen MR) is 229 cm³/mol. The van der Waals surface area contributed by atoms with Crippen LogP contribution in [0.3, 0.4) is 0 Å². The average Bonchev–Trinajstić information content (AvgIpc) is 3.07. The second-order valence-corrected chi connectivity index (χ2v) is 29.4. The molecule has 2 saturated heterocycles. The molecular weight excluding hydrogens is 779 g/mol. The van der Waals surface area contributed by atoms with Gasteiger partial charge in [-0.1, -0.05) is 20.8 Å². The molecule has 2 N–H and O–H groups in total. The van der Waals surface area contributed by atoms with Gasteiger partial charge < -0.3 is 52.4 Å². The summed E-state index contributed by atoms with van der Waals surface area (Å²) in [7, 11) is 1.49. The van der Waals surface area contributed by atoms with Crippen molar-refractivity contribution in [2.45, 2.75) is 212 Å². The molecule has 3 rings (SSSR count). The van der Waals surface area contributed by atoms with Crippen LogP contribution in [-0.2, 0) is 46.9 Å². The number of rotatable bonds is 11. The Morgan fingerprint density at radius 3 is 1.97 bits per heavy atom. The Kier molecular flexibility index (Phi) is 17.3. The van der Waals surface area contributed by atoms with E-state index in [9.17, 15) is 19.8 Å². The van der Waals surface area contributed by atoms with Crippen molar-refractivity contribution in [1.29, 1.82) is 0 Å². The van der Waals surface area contributed by atoms with Crippen molar-refractivity contribution >= 4 is 28.4 Å². The molecule has 58 heavy (non-hydrogen) atoms. The van der Waals surface area contributed by atoms with Crippen LogP contribution in [0.2, 0.25) is 39.3 Å². The molecule has 15 heteroatoms. The minimum Gasteiger partial charge on any atom is -0.459 e. The first kappa shape index (κ1) is 51.3. The van der Waals surface area contributed by atoms with Gasteiger partial charge >= 0.3 is 5.97 Å². The van der Waals surface area contributed by atoms with E-state index >= 15 is 0 Å². The summed E-state index contributed by atoms with van der Waals surface area (Å²) >= 11 is 0. The third-order valence-corrected chi connectivity index (χ3v) is 14.0. The molecular formula is C43H81NO12Si2. The highest BCUT2D eigenvalue weighted by Crippen LogP contribution is 2.42.